The first-order valence-electron chi connectivity index (χ1n) is 4.67. The van der Waals surface area contributed by atoms with Crippen LogP contribution in [0.3, 0.4) is 0 Å². The third kappa shape index (κ3) is 3.12. The Balaban J connectivity index is 2.35. The van der Waals surface area contributed by atoms with Crippen molar-refractivity contribution in [3.63, 3.8) is 0 Å². The van der Waals surface area contributed by atoms with Gasteiger partial charge in [0.1, 0.15) is 0 Å². The van der Waals surface area contributed by atoms with Crippen LogP contribution in [0, 0.1) is 5.92 Å². The van der Waals surface area contributed by atoms with Gasteiger partial charge in [-0.15, -0.1) is 11.3 Å². The molecule has 0 fully saturated rings. The molecule has 1 atom stereocenters. The van der Waals surface area contributed by atoms with Gasteiger partial charge in [-0.25, -0.2) is 0 Å². The van der Waals surface area contributed by atoms with Crippen molar-refractivity contribution in [2.45, 2.75) is 26.4 Å². The minimum absolute atomic E-state index is 0.0756. The van der Waals surface area contributed by atoms with Crippen LogP contribution in [0.2, 0.25) is 0 Å². The van der Waals surface area contributed by atoms with Crippen molar-refractivity contribution in [2.75, 3.05) is 0 Å². The van der Waals surface area contributed by atoms with E-state index in [1.807, 2.05) is 31.4 Å². The molecule has 0 aliphatic carbocycles. The van der Waals surface area contributed by atoms with E-state index in [-0.39, 0.29) is 11.8 Å². The van der Waals surface area contributed by atoms with Gasteiger partial charge in [0, 0.05) is 4.88 Å². The Labute approximate surface area is 88.3 Å². The fourth-order valence-corrected chi connectivity index (χ4v) is 1.65. The van der Waals surface area contributed by atoms with E-state index in [4.69, 9.17) is 5.73 Å². The molecule has 1 aromatic heterocycles. The maximum absolute atomic E-state index is 11.4. The highest BCUT2D eigenvalue weighted by Gasteiger charge is 2.16. The molecule has 1 heterocycles. The number of carbonyl (C=O) groups is 1. The number of nitrogens with two attached hydrogens (primary N) is 1. The molecule has 0 saturated carbocycles. The molecule has 3 nitrogen and oxygen atoms in total. The zero-order chi connectivity index (χ0) is 10.6. The summed E-state index contributed by atoms with van der Waals surface area (Å²) >= 11 is 1.63. The molecule has 1 aromatic rings. The predicted molar refractivity (Wildman–Crippen MR) is 59.0 cm³/mol. The summed E-state index contributed by atoms with van der Waals surface area (Å²) in [5.41, 5.74) is 5.69. The summed E-state index contributed by atoms with van der Waals surface area (Å²) in [4.78, 5) is 12.6. The van der Waals surface area contributed by atoms with Gasteiger partial charge in [0.15, 0.2) is 0 Å². The summed E-state index contributed by atoms with van der Waals surface area (Å²) in [6, 6.07) is 3.55. The summed E-state index contributed by atoms with van der Waals surface area (Å²) in [6.07, 6.45) is 0. The molecule has 3 N–H and O–H groups in total. The minimum Gasteiger partial charge on any atom is -0.350 e. The van der Waals surface area contributed by atoms with E-state index in [0.717, 1.165) is 4.88 Å². The molecule has 1 amide bonds. The second kappa shape index (κ2) is 5.12. The number of carbonyl (C=O) groups excluding carboxylic acids is 1. The molecule has 0 radical (unpaired) electrons. The molecule has 14 heavy (non-hydrogen) atoms. The molecule has 0 unspecified atom stereocenters. The maximum Gasteiger partial charge on any atom is 0.237 e. The van der Waals surface area contributed by atoms with Crippen molar-refractivity contribution in [3.05, 3.63) is 22.4 Å². The lowest BCUT2D eigenvalue weighted by molar-refractivity contribution is -0.123. The van der Waals surface area contributed by atoms with E-state index in [0.29, 0.717) is 6.54 Å². The van der Waals surface area contributed by atoms with E-state index < -0.39 is 6.04 Å². The molecular weight excluding hydrogens is 196 g/mol. The van der Waals surface area contributed by atoms with Crippen LogP contribution in [0.5, 0.6) is 0 Å². The van der Waals surface area contributed by atoms with Crippen LogP contribution in [0.25, 0.3) is 0 Å². The van der Waals surface area contributed by atoms with Crippen LogP contribution in [0.15, 0.2) is 17.5 Å². The van der Waals surface area contributed by atoms with E-state index in [1.54, 1.807) is 11.3 Å². The molecule has 0 aromatic carbocycles. The Kier molecular flexibility index (Phi) is 4.10. The van der Waals surface area contributed by atoms with Gasteiger partial charge < -0.3 is 11.1 Å². The van der Waals surface area contributed by atoms with Crippen LogP contribution in [0.1, 0.15) is 18.7 Å². The number of amides is 1. The fourth-order valence-electron chi connectivity index (χ4n) is 1.01. The van der Waals surface area contributed by atoms with Crippen molar-refractivity contribution in [3.8, 4) is 0 Å². The SMILES string of the molecule is CC(C)[C@@H](N)C(=O)NCc1cccs1. The zero-order valence-electron chi connectivity index (χ0n) is 8.49. The third-order valence-corrected chi connectivity index (χ3v) is 2.91. The van der Waals surface area contributed by atoms with Crippen LogP contribution in [-0.2, 0) is 11.3 Å². The van der Waals surface area contributed by atoms with Gasteiger partial charge in [-0.05, 0) is 17.4 Å². The summed E-state index contributed by atoms with van der Waals surface area (Å²) in [5.74, 6) is 0.103. The molecule has 0 aliphatic heterocycles. The van der Waals surface area contributed by atoms with Crippen LogP contribution in [-0.4, -0.2) is 11.9 Å². The Morgan fingerprint density at radius 2 is 2.36 bits per heavy atom. The average molecular weight is 212 g/mol. The Hall–Kier alpha value is -0.870. The van der Waals surface area contributed by atoms with Gasteiger partial charge in [0.05, 0.1) is 12.6 Å². The largest absolute Gasteiger partial charge is 0.350 e. The van der Waals surface area contributed by atoms with E-state index >= 15 is 0 Å². The van der Waals surface area contributed by atoms with Crippen molar-refractivity contribution in [2.24, 2.45) is 11.7 Å². The summed E-state index contributed by atoms with van der Waals surface area (Å²) in [6.45, 7) is 4.46. The highest BCUT2D eigenvalue weighted by Crippen LogP contribution is 2.07. The number of nitrogens with one attached hydrogen (secondary N) is 1. The molecule has 4 heteroatoms. The molecule has 0 aliphatic rings. The summed E-state index contributed by atoms with van der Waals surface area (Å²) < 4.78 is 0. The lowest BCUT2D eigenvalue weighted by atomic mass is 10.1. The smallest absolute Gasteiger partial charge is 0.237 e. The number of thiophene rings is 1. The molecule has 0 saturated heterocycles. The standard InChI is InChI=1S/C10H16N2OS/c1-7(2)9(11)10(13)12-6-8-4-3-5-14-8/h3-5,7,9H,6,11H2,1-2H3,(H,12,13)/t9-/m1/s1. The lowest BCUT2D eigenvalue weighted by Crippen LogP contribution is -2.43. The average Bonchev–Trinajstić information content (AvgIpc) is 2.65. The Bertz CT molecular complexity index is 282. The quantitative estimate of drug-likeness (QED) is 0.791. The fraction of sp³-hybridized carbons (Fsp3) is 0.500. The number of rotatable bonds is 4. The topological polar surface area (TPSA) is 55.1 Å². The van der Waals surface area contributed by atoms with Crippen molar-refractivity contribution in [1.29, 1.82) is 0 Å². The summed E-state index contributed by atoms with van der Waals surface area (Å²) in [7, 11) is 0. The van der Waals surface area contributed by atoms with Gasteiger partial charge in [-0.3, -0.25) is 4.79 Å². The van der Waals surface area contributed by atoms with Gasteiger partial charge >= 0.3 is 0 Å². The van der Waals surface area contributed by atoms with Crippen molar-refractivity contribution < 1.29 is 4.79 Å². The van der Waals surface area contributed by atoms with Gasteiger partial charge in [0.2, 0.25) is 5.91 Å². The van der Waals surface area contributed by atoms with Crippen molar-refractivity contribution >= 4 is 17.2 Å². The van der Waals surface area contributed by atoms with Crippen LogP contribution < -0.4 is 11.1 Å². The van der Waals surface area contributed by atoms with Gasteiger partial charge in [-0.1, -0.05) is 19.9 Å². The first kappa shape index (κ1) is 11.2. The minimum atomic E-state index is -0.407. The second-order valence-electron chi connectivity index (χ2n) is 3.57. The Morgan fingerprint density at radius 3 is 2.86 bits per heavy atom. The monoisotopic (exact) mass is 212 g/mol. The highest BCUT2D eigenvalue weighted by molar-refractivity contribution is 7.09. The normalized spacial score (nSPS) is 12.9. The molecule has 78 valence electrons. The summed E-state index contributed by atoms with van der Waals surface area (Å²) in [5, 5.41) is 4.80. The first-order chi connectivity index (χ1) is 6.61. The first-order valence-corrected chi connectivity index (χ1v) is 5.55. The molecular formula is C10H16N2OS. The number of hydrogen-bond acceptors (Lipinski definition) is 3. The molecule has 0 bridgehead atoms. The maximum atomic E-state index is 11.4. The van der Waals surface area contributed by atoms with Crippen LogP contribution in [0.4, 0.5) is 0 Å². The molecule has 0 spiro atoms. The van der Waals surface area contributed by atoms with Crippen molar-refractivity contribution in [1.82, 2.24) is 5.32 Å². The third-order valence-electron chi connectivity index (χ3n) is 2.04. The Morgan fingerprint density at radius 1 is 1.64 bits per heavy atom. The zero-order valence-corrected chi connectivity index (χ0v) is 9.30. The highest BCUT2D eigenvalue weighted by atomic mass is 32.1. The van der Waals surface area contributed by atoms with Gasteiger partial charge in [0.25, 0.3) is 0 Å². The molecule has 1 rings (SSSR count). The van der Waals surface area contributed by atoms with Crippen LogP contribution >= 0.6 is 11.3 Å². The van der Waals surface area contributed by atoms with E-state index in [1.165, 1.54) is 0 Å². The van der Waals surface area contributed by atoms with Gasteiger partial charge in [-0.2, -0.15) is 0 Å². The number of hydrogen-bond donors (Lipinski definition) is 2. The van der Waals surface area contributed by atoms with E-state index in [9.17, 15) is 4.79 Å². The predicted octanol–water partition coefficient (Wildman–Crippen LogP) is 1.35. The second-order valence-corrected chi connectivity index (χ2v) is 4.60. The van der Waals surface area contributed by atoms with E-state index in [2.05, 4.69) is 5.32 Å². The lowest BCUT2D eigenvalue weighted by Gasteiger charge is -2.14.